The highest BCUT2D eigenvalue weighted by molar-refractivity contribution is 5.61. The van der Waals surface area contributed by atoms with Crippen LogP contribution in [0.2, 0.25) is 0 Å². The molecule has 0 aliphatic heterocycles. The van der Waals surface area contributed by atoms with Crippen LogP contribution in [0.15, 0.2) is 171 Å². The Morgan fingerprint density at radius 2 is 0.782 bits per heavy atom. The number of rotatable bonds is 30. The Labute approximate surface area is 525 Å². The van der Waals surface area contributed by atoms with Gasteiger partial charge in [0, 0.05) is 24.4 Å². The summed E-state index contributed by atoms with van der Waals surface area (Å²) in [6, 6.07) is 50.6. The average Bonchev–Trinajstić information content (AvgIpc) is 2.15. The van der Waals surface area contributed by atoms with Crippen molar-refractivity contribution < 1.29 is 26.7 Å². The van der Waals surface area contributed by atoms with Gasteiger partial charge in [-0.25, -0.2) is 0 Å². The summed E-state index contributed by atoms with van der Waals surface area (Å²) < 4.78 is 76.6. The molecule has 6 rings (SSSR count). The van der Waals surface area contributed by atoms with Crippen LogP contribution in [-0.4, -0.2) is 40.5 Å². The van der Waals surface area contributed by atoms with Gasteiger partial charge >= 0.3 is 0 Å². The Morgan fingerprint density at radius 3 is 1.16 bits per heavy atom. The molecule has 0 fully saturated rings. The van der Waals surface area contributed by atoms with Crippen molar-refractivity contribution in [1.29, 1.82) is 0 Å². The highest BCUT2D eigenvalue weighted by atomic mass is 19.1. The summed E-state index contributed by atoms with van der Waals surface area (Å²) in [6.45, 7) is 40.7. The molecule has 0 amide bonds. The molecule has 0 N–H and O–H groups in total. The molecule has 4 unspecified atom stereocenters. The lowest BCUT2D eigenvalue weighted by Crippen LogP contribution is -2.24. The van der Waals surface area contributed by atoms with Gasteiger partial charge in [0.1, 0.15) is 0 Å². The molecule has 0 radical (unpaired) electrons. The number of benzene rings is 6. The van der Waals surface area contributed by atoms with Gasteiger partial charge in [-0.2, -0.15) is 0 Å². The van der Waals surface area contributed by atoms with Crippen LogP contribution in [0.5, 0.6) is 0 Å². The highest BCUT2D eigenvalue weighted by Crippen LogP contribution is 2.44. The third kappa shape index (κ3) is 21.7. The minimum Gasteiger partial charge on any atom is -0.374 e. The van der Waals surface area contributed by atoms with Crippen molar-refractivity contribution in [1.82, 2.24) is 0 Å². The number of alkyl halides is 5. The molecular formula is C81H109F5O. The van der Waals surface area contributed by atoms with E-state index in [9.17, 15) is 22.0 Å². The number of hydrogen-bond donors (Lipinski definition) is 0. The average molecular weight is 1190 g/mol. The van der Waals surface area contributed by atoms with Crippen molar-refractivity contribution in [2.45, 2.75) is 212 Å². The second-order valence-corrected chi connectivity index (χ2v) is 28.7. The van der Waals surface area contributed by atoms with Gasteiger partial charge in [0.25, 0.3) is 0 Å². The van der Waals surface area contributed by atoms with Crippen molar-refractivity contribution in [3.05, 3.63) is 238 Å². The zero-order valence-corrected chi connectivity index (χ0v) is 56.4. The van der Waals surface area contributed by atoms with Crippen molar-refractivity contribution in [3.63, 3.8) is 0 Å². The summed E-state index contributed by atoms with van der Waals surface area (Å²) in [7, 11) is 1.72. The van der Waals surface area contributed by atoms with Crippen molar-refractivity contribution in [2.75, 3.05) is 40.5 Å². The molecule has 0 aliphatic rings. The van der Waals surface area contributed by atoms with Crippen LogP contribution in [0.1, 0.15) is 246 Å². The van der Waals surface area contributed by atoms with E-state index >= 15 is 0 Å². The van der Waals surface area contributed by atoms with Gasteiger partial charge in [0.15, 0.2) is 0 Å². The van der Waals surface area contributed by atoms with Crippen LogP contribution < -0.4 is 0 Å². The number of ether oxygens (including phenoxy) is 1. The van der Waals surface area contributed by atoms with Gasteiger partial charge < -0.3 is 4.74 Å². The molecule has 0 saturated heterocycles. The van der Waals surface area contributed by atoms with Crippen LogP contribution in [0.4, 0.5) is 22.0 Å². The molecule has 474 valence electrons. The molecule has 6 aromatic carbocycles. The molecule has 4 atom stereocenters. The molecule has 0 aliphatic carbocycles. The first kappa shape index (κ1) is 73.6. The molecule has 0 spiro atoms. The van der Waals surface area contributed by atoms with Crippen LogP contribution >= 0.6 is 0 Å². The fraction of sp³-hybridized carbons (Fsp3) is 0.481. The molecule has 0 saturated carbocycles. The third-order valence-corrected chi connectivity index (χ3v) is 18.5. The Hall–Kier alpha value is -5.85. The minimum absolute atomic E-state index is 0.0573. The Balaban J connectivity index is 0.000000822. The van der Waals surface area contributed by atoms with Crippen LogP contribution in [0.25, 0.3) is 11.6 Å². The molecule has 1 nitrogen and oxygen atoms in total. The minimum atomic E-state index is -0.603. The Bertz CT molecular complexity index is 2990. The normalized spacial score (nSPS) is 13.7. The van der Waals surface area contributed by atoms with Gasteiger partial charge in [0.2, 0.25) is 0 Å². The van der Waals surface area contributed by atoms with Crippen LogP contribution in [-0.2, 0) is 37.4 Å². The predicted molar refractivity (Wildman–Crippen MR) is 367 cm³/mol. The highest BCUT2D eigenvalue weighted by Gasteiger charge is 2.33. The van der Waals surface area contributed by atoms with Gasteiger partial charge in [-0.3, -0.25) is 22.0 Å². The fourth-order valence-electron chi connectivity index (χ4n) is 11.9. The number of methoxy groups -OCH3 is 1. The molecule has 0 heterocycles. The first-order valence-corrected chi connectivity index (χ1v) is 31.7. The Kier molecular flexibility index (Phi) is 28.0. The van der Waals surface area contributed by atoms with E-state index in [0.717, 1.165) is 82.2 Å². The maximum Gasteiger partial charge on any atom is 0.0985 e. The van der Waals surface area contributed by atoms with E-state index in [4.69, 9.17) is 4.74 Å². The molecule has 0 aromatic heterocycles. The maximum absolute atomic E-state index is 14.9. The quantitative estimate of drug-likeness (QED) is 0.0323. The topological polar surface area (TPSA) is 9.23 Å². The lowest BCUT2D eigenvalue weighted by Gasteiger charge is -2.34. The van der Waals surface area contributed by atoms with E-state index in [-0.39, 0.29) is 57.6 Å². The van der Waals surface area contributed by atoms with Crippen molar-refractivity contribution in [3.8, 4) is 0 Å². The molecular weight excluding hydrogens is 1080 g/mol. The van der Waals surface area contributed by atoms with Crippen molar-refractivity contribution in [2.24, 2.45) is 0 Å². The number of halogens is 5. The summed E-state index contributed by atoms with van der Waals surface area (Å²) in [5.74, 6) is -0.488. The van der Waals surface area contributed by atoms with Gasteiger partial charge in [-0.1, -0.05) is 245 Å². The van der Waals surface area contributed by atoms with E-state index in [1.54, 1.807) is 7.11 Å². The second-order valence-electron chi connectivity index (χ2n) is 28.7. The fourth-order valence-corrected chi connectivity index (χ4v) is 11.9. The van der Waals surface area contributed by atoms with Crippen molar-refractivity contribution >= 4 is 11.6 Å². The van der Waals surface area contributed by atoms with E-state index in [0.29, 0.717) is 19.3 Å². The molecule has 6 aromatic rings. The smallest absolute Gasteiger partial charge is 0.0985 e. The summed E-state index contributed by atoms with van der Waals surface area (Å²) in [5.41, 5.74) is 13.7. The van der Waals surface area contributed by atoms with Gasteiger partial charge in [-0.15, -0.1) is 6.58 Å². The zero-order chi connectivity index (χ0) is 65.0. The lowest BCUT2D eigenvalue weighted by atomic mass is 9.70. The molecule has 6 heteroatoms. The van der Waals surface area contributed by atoms with E-state index in [1.165, 1.54) is 27.8 Å². The molecule has 0 bridgehead atoms. The number of hydrogen-bond acceptors (Lipinski definition) is 1. The Morgan fingerprint density at radius 1 is 0.425 bits per heavy atom. The first-order valence-electron chi connectivity index (χ1n) is 31.7. The lowest BCUT2D eigenvalue weighted by molar-refractivity contribution is 0.0192. The number of allylic oxidation sites excluding steroid dienone is 2. The summed E-state index contributed by atoms with van der Waals surface area (Å²) in [6.07, 6.45) is 7.21. The second kappa shape index (κ2) is 33.1. The molecule has 87 heavy (non-hydrogen) atoms. The van der Waals surface area contributed by atoms with E-state index in [1.807, 2.05) is 77.1 Å². The summed E-state index contributed by atoms with van der Waals surface area (Å²) >= 11 is 0. The predicted octanol–water partition coefficient (Wildman–Crippen LogP) is 24.0. The van der Waals surface area contributed by atoms with Gasteiger partial charge in [-0.05, 0) is 186 Å². The van der Waals surface area contributed by atoms with E-state index < -0.39 is 32.1 Å². The largest absolute Gasteiger partial charge is 0.374 e. The monoisotopic (exact) mass is 1190 g/mol. The standard InChI is InChI=1S/C65H85F5.C12H16O.C4H8/c1-46(2)47-14-24-57(25-15-47)62(5,6)37-34-53(43-68)49-18-28-58(29-19-49)63(7,8)41-54(40-52(35-39-67)48-16-32-60(33-17-48)65(11,12)45-70)50-20-30-59(31-21-50)64(9,10)42-55(44-69)51-22-26-56(27-23-51)61(3,4)36-13-38-66;1-5-10-6-8-11(9-7-10)12(2,3)13-4;1-4(2)3/h14-33,52-55H,1,13,34-45H2,2-12H3;5-9H,1H2,2-4H3;1H2,2-3H3. The van der Waals surface area contributed by atoms with Crippen LogP contribution in [0, 0.1) is 0 Å². The SMILES string of the molecule is C=C(C)C.C=C(C)c1ccc(C(C)(C)CCC(CF)c2ccc(C(C)(C)CC(CC(CCF)c3ccc(C(C)(C)CF)cc3)c3ccc(C(C)(C)CC(CF)c4ccc(C(C)(C)CCCF)cc4)cc3)cc2)cc1.C=Cc1ccc(C(C)(C)OC)cc1. The van der Waals surface area contributed by atoms with Crippen LogP contribution in [0.3, 0.4) is 0 Å². The zero-order valence-electron chi connectivity index (χ0n) is 56.4. The summed E-state index contributed by atoms with van der Waals surface area (Å²) in [5, 5.41) is 0. The third-order valence-electron chi connectivity index (χ3n) is 18.5. The van der Waals surface area contributed by atoms with Gasteiger partial charge in [0.05, 0.1) is 39.0 Å². The maximum atomic E-state index is 14.9. The van der Waals surface area contributed by atoms with E-state index in [2.05, 4.69) is 198 Å². The first-order chi connectivity index (χ1) is 40.8. The summed E-state index contributed by atoms with van der Waals surface area (Å²) in [4.78, 5) is 0.